The molecule has 1 saturated heterocycles. The number of amides is 1. The van der Waals surface area contributed by atoms with Crippen molar-refractivity contribution in [3.05, 3.63) is 90.8 Å². The van der Waals surface area contributed by atoms with Crippen LogP contribution in [0, 0.1) is 5.92 Å². The van der Waals surface area contributed by atoms with Gasteiger partial charge in [-0.15, -0.1) is 10.2 Å². The van der Waals surface area contributed by atoms with Gasteiger partial charge in [-0.1, -0.05) is 36.4 Å². The van der Waals surface area contributed by atoms with Crippen LogP contribution in [0.5, 0.6) is 0 Å². The minimum atomic E-state index is -0.143. The molecule has 1 unspecified atom stereocenters. The fraction of sp³-hybridized carbons (Fsp3) is 0.231. The van der Waals surface area contributed by atoms with Crippen LogP contribution in [-0.4, -0.2) is 34.2 Å². The molecule has 166 valence electrons. The van der Waals surface area contributed by atoms with E-state index in [9.17, 15) is 4.79 Å². The van der Waals surface area contributed by atoms with Gasteiger partial charge in [-0.2, -0.15) is 0 Å². The van der Waals surface area contributed by atoms with Crippen molar-refractivity contribution >= 4 is 17.5 Å². The first-order chi connectivity index (χ1) is 16.3. The Labute approximate surface area is 192 Å². The summed E-state index contributed by atoms with van der Waals surface area (Å²) in [5.41, 5.74) is 1.76. The summed E-state index contributed by atoms with van der Waals surface area (Å²) in [6, 6.07) is 23.2. The lowest BCUT2D eigenvalue weighted by Gasteiger charge is -2.35. The maximum absolute atomic E-state index is 13.7. The van der Waals surface area contributed by atoms with E-state index in [1.165, 1.54) is 0 Å². The van der Waals surface area contributed by atoms with E-state index >= 15 is 0 Å². The maximum Gasteiger partial charge on any atom is 0.233 e. The van der Waals surface area contributed by atoms with Crippen LogP contribution < -0.4 is 9.80 Å². The molecule has 33 heavy (non-hydrogen) atoms. The van der Waals surface area contributed by atoms with Gasteiger partial charge in [0.15, 0.2) is 11.6 Å². The van der Waals surface area contributed by atoms with Crippen LogP contribution in [0.15, 0.2) is 89.7 Å². The first kappa shape index (κ1) is 20.9. The highest BCUT2D eigenvalue weighted by Gasteiger charge is 2.31. The number of hydrogen-bond acceptors (Lipinski definition) is 6. The predicted octanol–water partition coefficient (Wildman–Crippen LogP) is 4.58. The molecule has 1 aliphatic heterocycles. The second-order valence-corrected chi connectivity index (χ2v) is 8.14. The summed E-state index contributed by atoms with van der Waals surface area (Å²) in [7, 11) is 0. The van der Waals surface area contributed by atoms with Gasteiger partial charge in [-0.05, 0) is 54.8 Å². The molecule has 7 heteroatoms. The number of anilines is 2. The molecule has 3 aromatic heterocycles. The highest BCUT2D eigenvalue weighted by molar-refractivity contribution is 5.94. The Hall–Kier alpha value is -4.00. The monoisotopic (exact) mass is 439 g/mol. The molecule has 0 radical (unpaired) electrons. The van der Waals surface area contributed by atoms with Gasteiger partial charge in [0.2, 0.25) is 5.91 Å². The second kappa shape index (κ2) is 9.65. The summed E-state index contributed by atoms with van der Waals surface area (Å²) >= 11 is 0. The summed E-state index contributed by atoms with van der Waals surface area (Å²) in [4.78, 5) is 22.1. The molecule has 0 aliphatic carbocycles. The van der Waals surface area contributed by atoms with Gasteiger partial charge in [0.1, 0.15) is 11.5 Å². The molecular formula is C26H25N5O2. The van der Waals surface area contributed by atoms with E-state index in [1.807, 2.05) is 72.8 Å². The highest BCUT2D eigenvalue weighted by Crippen LogP contribution is 2.26. The molecule has 1 atom stereocenters. The SMILES string of the molecule is O=C(C1CCCN(c2ccc(-c3ccco3)nn2)C1)N(Cc1ccccc1)c1ccccn1. The van der Waals surface area contributed by atoms with Crippen molar-refractivity contribution < 1.29 is 9.21 Å². The summed E-state index contributed by atoms with van der Waals surface area (Å²) < 4.78 is 5.40. The Kier molecular flexibility index (Phi) is 6.10. The zero-order chi connectivity index (χ0) is 22.5. The van der Waals surface area contributed by atoms with Crippen molar-refractivity contribution in [2.24, 2.45) is 5.92 Å². The van der Waals surface area contributed by atoms with Crippen LogP contribution in [0.25, 0.3) is 11.5 Å². The van der Waals surface area contributed by atoms with Gasteiger partial charge in [-0.3, -0.25) is 9.69 Å². The first-order valence-electron chi connectivity index (χ1n) is 11.2. The molecule has 1 aromatic carbocycles. The predicted molar refractivity (Wildman–Crippen MR) is 127 cm³/mol. The third-order valence-corrected chi connectivity index (χ3v) is 5.89. The molecule has 1 amide bonds. The van der Waals surface area contributed by atoms with E-state index in [1.54, 1.807) is 17.4 Å². The van der Waals surface area contributed by atoms with E-state index < -0.39 is 0 Å². The maximum atomic E-state index is 13.7. The number of furan rings is 1. The molecule has 1 aliphatic rings. The smallest absolute Gasteiger partial charge is 0.233 e. The lowest BCUT2D eigenvalue weighted by Crippen LogP contribution is -2.45. The number of carbonyl (C=O) groups excluding carboxylic acids is 1. The van der Waals surface area contributed by atoms with Gasteiger partial charge in [0, 0.05) is 19.3 Å². The number of piperidine rings is 1. The molecule has 0 bridgehead atoms. The zero-order valence-corrected chi connectivity index (χ0v) is 18.2. The lowest BCUT2D eigenvalue weighted by molar-refractivity contribution is -0.122. The molecule has 1 fully saturated rings. The van der Waals surface area contributed by atoms with Crippen LogP contribution in [0.3, 0.4) is 0 Å². The van der Waals surface area contributed by atoms with Crippen molar-refractivity contribution in [1.82, 2.24) is 15.2 Å². The molecule has 5 rings (SSSR count). The standard InChI is InChI=1S/C26H25N5O2/c32-26(31(24-12-4-5-15-27-24)18-20-8-2-1-3-9-20)21-10-6-16-30(19-21)25-14-13-22(28-29-25)23-11-7-17-33-23/h1-5,7-9,11-15,17,21H,6,10,16,18-19H2. The van der Waals surface area contributed by atoms with E-state index in [-0.39, 0.29) is 11.8 Å². The van der Waals surface area contributed by atoms with Crippen molar-refractivity contribution in [3.63, 3.8) is 0 Å². The number of benzene rings is 1. The highest BCUT2D eigenvalue weighted by atomic mass is 16.3. The number of nitrogens with zero attached hydrogens (tertiary/aromatic N) is 5. The number of hydrogen-bond donors (Lipinski definition) is 0. The molecular weight excluding hydrogens is 414 g/mol. The summed E-state index contributed by atoms with van der Waals surface area (Å²) in [5, 5.41) is 8.72. The average Bonchev–Trinajstić information content (AvgIpc) is 3.43. The third-order valence-electron chi connectivity index (χ3n) is 5.89. The Morgan fingerprint density at radius 2 is 1.88 bits per heavy atom. The van der Waals surface area contributed by atoms with Crippen molar-refractivity contribution in [2.75, 3.05) is 22.9 Å². The van der Waals surface area contributed by atoms with E-state index in [0.29, 0.717) is 30.4 Å². The Morgan fingerprint density at radius 3 is 2.61 bits per heavy atom. The minimum Gasteiger partial charge on any atom is -0.463 e. The zero-order valence-electron chi connectivity index (χ0n) is 18.2. The Balaban J connectivity index is 1.34. The number of pyridine rings is 1. The largest absolute Gasteiger partial charge is 0.463 e. The van der Waals surface area contributed by atoms with Gasteiger partial charge in [0.25, 0.3) is 0 Å². The summed E-state index contributed by atoms with van der Waals surface area (Å²) in [6.45, 7) is 1.94. The van der Waals surface area contributed by atoms with Crippen LogP contribution in [0.4, 0.5) is 11.6 Å². The van der Waals surface area contributed by atoms with Crippen molar-refractivity contribution in [1.29, 1.82) is 0 Å². The number of aromatic nitrogens is 3. The van der Waals surface area contributed by atoms with E-state index in [2.05, 4.69) is 20.1 Å². The molecule has 0 N–H and O–H groups in total. The fourth-order valence-electron chi connectivity index (χ4n) is 4.21. The van der Waals surface area contributed by atoms with Gasteiger partial charge in [0.05, 0.1) is 18.7 Å². The number of carbonyl (C=O) groups is 1. The van der Waals surface area contributed by atoms with E-state index in [0.717, 1.165) is 30.8 Å². The van der Waals surface area contributed by atoms with Crippen LogP contribution in [0.1, 0.15) is 18.4 Å². The normalized spacial score (nSPS) is 15.9. The quantitative estimate of drug-likeness (QED) is 0.438. The first-order valence-corrected chi connectivity index (χ1v) is 11.2. The molecule has 7 nitrogen and oxygen atoms in total. The van der Waals surface area contributed by atoms with Crippen LogP contribution in [-0.2, 0) is 11.3 Å². The van der Waals surface area contributed by atoms with Gasteiger partial charge in [-0.25, -0.2) is 4.98 Å². The van der Waals surface area contributed by atoms with Crippen LogP contribution in [0.2, 0.25) is 0 Å². The molecule has 4 aromatic rings. The van der Waals surface area contributed by atoms with Gasteiger partial charge >= 0.3 is 0 Å². The average molecular weight is 440 g/mol. The minimum absolute atomic E-state index is 0.0856. The van der Waals surface area contributed by atoms with Crippen LogP contribution >= 0.6 is 0 Å². The summed E-state index contributed by atoms with van der Waals surface area (Å²) in [6.07, 6.45) is 5.10. The Bertz CT molecular complexity index is 1160. The van der Waals surface area contributed by atoms with Crippen molar-refractivity contribution in [2.45, 2.75) is 19.4 Å². The molecule has 0 spiro atoms. The van der Waals surface area contributed by atoms with E-state index in [4.69, 9.17) is 4.42 Å². The molecule has 4 heterocycles. The topological polar surface area (TPSA) is 75.4 Å². The lowest BCUT2D eigenvalue weighted by atomic mass is 9.96. The third kappa shape index (κ3) is 4.77. The van der Waals surface area contributed by atoms with Gasteiger partial charge < -0.3 is 9.32 Å². The number of rotatable bonds is 6. The Morgan fingerprint density at radius 1 is 1.00 bits per heavy atom. The fourth-order valence-corrected chi connectivity index (χ4v) is 4.21. The van der Waals surface area contributed by atoms with Crippen molar-refractivity contribution in [3.8, 4) is 11.5 Å². The second-order valence-electron chi connectivity index (χ2n) is 8.14. The molecule has 0 saturated carbocycles. The summed E-state index contributed by atoms with van der Waals surface area (Å²) in [5.74, 6) is 2.08.